The van der Waals surface area contributed by atoms with Crippen molar-refractivity contribution in [1.82, 2.24) is 15.5 Å². The lowest BCUT2D eigenvalue weighted by atomic mass is 9.83. The Kier molecular flexibility index (Phi) is 13.0. The number of hydrogen-bond donors (Lipinski definition) is 2. The van der Waals surface area contributed by atoms with Crippen molar-refractivity contribution in [3.63, 3.8) is 0 Å². The molecule has 2 fully saturated rings. The maximum atomic E-state index is 14.2. The summed E-state index contributed by atoms with van der Waals surface area (Å²) >= 11 is 0. The number of fused-ring (bicyclic) bond motifs is 1. The lowest BCUT2D eigenvalue weighted by Gasteiger charge is -2.38. The van der Waals surface area contributed by atoms with E-state index < -0.39 is 46.6 Å². The van der Waals surface area contributed by atoms with Crippen LogP contribution in [0.2, 0.25) is 0 Å². The van der Waals surface area contributed by atoms with Gasteiger partial charge in [0.15, 0.2) is 11.6 Å². The first-order valence-corrected chi connectivity index (χ1v) is 17.9. The number of piperidine rings is 1. The Morgan fingerprint density at radius 3 is 2.20 bits per heavy atom. The van der Waals surface area contributed by atoms with Gasteiger partial charge in [-0.1, -0.05) is 78.0 Å². The summed E-state index contributed by atoms with van der Waals surface area (Å²) in [5.74, 6) is -2.66. The van der Waals surface area contributed by atoms with Gasteiger partial charge in [-0.3, -0.25) is 24.0 Å². The second kappa shape index (κ2) is 15.9. The highest BCUT2D eigenvalue weighted by Crippen LogP contribution is 2.65. The van der Waals surface area contributed by atoms with E-state index in [9.17, 15) is 28.8 Å². The van der Waals surface area contributed by atoms with Crippen molar-refractivity contribution in [2.24, 2.45) is 34.5 Å². The molecule has 2 N–H and O–H groups in total. The molecule has 6 atom stereocenters. The van der Waals surface area contributed by atoms with Crippen molar-refractivity contribution in [3.8, 4) is 0 Å². The van der Waals surface area contributed by atoms with Gasteiger partial charge in [-0.25, -0.2) is 4.79 Å². The molecule has 1 saturated carbocycles. The molecule has 2 aliphatic rings. The van der Waals surface area contributed by atoms with Crippen LogP contribution in [0.3, 0.4) is 0 Å². The van der Waals surface area contributed by atoms with E-state index in [0.29, 0.717) is 25.8 Å². The third-order valence-electron chi connectivity index (χ3n) is 10.3. The number of nitrogens with zero attached hydrogens (tertiary/aromatic N) is 1. The summed E-state index contributed by atoms with van der Waals surface area (Å²) in [4.78, 5) is 82.2. The quantitative estimate of drug-likeness (QED) is 0.148. The molecule has 9 heteroatoms. The van der Waals surface area contributed by atoms with Crippen LogP contribution in [0, 0.1) is 34.5 Å². The molecule has 3 rings (SSSR count). The van der Waals surface area contributed by atoms with E-state index in [0.717, 1.165) is 5.56 Å². The van der Waals surface area contributed by atoms with Gasteiger partial charge in [-0.15, -0.1) is 6.58 Å². The minimum atomic E-state index is -0.886. The Morgan fingerprint density at radius 2 is 1.63 bits per heavy atom. The number of carbonyl (C=O) groups is 6. The molecule has 2 unspecified atom stereocenters. The molecule has 270 valence electrons. The highest BCUT2D eigenvalue weighted by molar-refractivity contribution is 6.38. The molecule has 0 radical (unpaired) electrons. The minimum Gasteiger partial charge on any atom is -0.334 e. The fourth-order valence-electron chi connectivity index (χ4n) is 7.32. The summed E-state index contributed by atoms with van der Waals surface area (Å²) in [7, 11) is 0. The third kappa shape index (κ3) is 10.4. The van der Waals surface area contributed by atoms with Crippen LogP contribution in [0.25, 0.3) is 0 Å². The number of carbonyl (C=O) groups excluding carboxylic acids is 6. The zero-order chi connectivity index (χ0) is 36.9. The number of rotatable bonds is 17. The van der Waals surface area contributed by atoms with E-state index in [-0.39, 0.29) is 66.3 Å². The summed E-state index contributed by atoms with van der Waals surface area (Å²) in [5, 5.41) is 5.71. The maximum Gasteiger partial charge on any atom is 0.315 e. The van der Waals surface area contributed by atoms with Gasteiger partial charge in [0.25, 0.3) is 0 Å². The average molecular weight is 678 g/mol. The second-order valence-corrected chi connectivity index (χ2v) is 17.0. The molecule has 49 heavy (non-hydrogen) atoms. The Labute approximate surface area is 293 Å². The number of benzene rings is 1. The SMILES string of the molecule is C=CCCC(CC(=O)[C@@H]1[C@@H]2[C@H](CN1C(=O)[C@@H](NC(=O)NC(C)(C)C)C(C)(C)C)C2(C)C)C(=O)C(=O)CCCC(=O)C(C)Cc1ccccc1. The summed E-state index contributed by atoms with van der Waals surface area (Å²) in [6.07, 6.45) is 3.30. The number of likely N-dealkylation sites (tertiary alicyclic amines) is 1. The zero-order valence-corrected chi connectivity index (χ0v) is 31.2. The van der Waals surface area contributed by atoms with Crippen molar-refractivity contribution in [3.05, 3.63) is 48.6 Å². The topological polar surface area (TPSA) is 130 Å². The Hall–Kier alpha value is -3.62. The molecule has 3 amide bonds. The van der Waals surface area contributed by atoms with Crippen LogP contribution < -0.4 is 10.6 Å². The molecule has 0 spiro atoms. The van der Waals surface area contributed by atoms with Gasteiger partial charge in [-0.05, 0) is 74.7 Å². The average Bonchev–Trinajstić information content (AvgIpc) is 3.31. The van der Waals surface area contributed by atoms with Gasteiger partial charge in [0.1, 0.15) is 11.8 Å². The maximum absolute atomic E-state index is 14.2. The number of hydrogen-bond acceptors (Lipinski definition) is 6. The smallest absolute Gasteiger partial charge is 0.315 e. The monoisotopic (exact) mass is 677 g/mol. The van der Waals surface area contributed by atoms with Crippen molar-refractivity contribution < 1.29 is 28.8 Å². The molecular weight excluding hydrogens is 618 g/mol. The lowest BCUT2D eigenvalue weighted by Crippen LogP contribution is -2.60. The molecule has 1 aliphatic heterocycles. The van der Waals surface area contributed by atoms with Crippen LogP contribution in [0.5, 0.6) is 0 Å². The van der Waals surface area contributed by atoms with Crippen molar-refractivity contribution in [2.45, 2.75) is 125 Å². The fraction of sp³-hybridized carbons (Fsp3) is 0.650. The molecule has 1 saturated heterocycles. The molecule has 9 nitrogen and oxygen atoms in total. The predicted molar refractivity (Wildman–Crippen MR) is 192 cm³/mol. The lowest BCUT2D eigenvalue weighted by molar-refractivity contribution is -0.144. The van der Waals surface area contributed by atoms with Crippen molar-refractivity contribution in [1.29, 1.82) is 0 Å². The standard InChI is InChI=1S/C40H59N3O6/c1-11-12-19-27(34(47)30(45)21-16-20-29(44)25(2)22-26-17-14-13-15-18-26)23-31(46)33-32-28(40(32,9)10)24-43(33)36(48)35(38(3,4)5)41-37(49)42-39(6,7)8/h11,13-15,17-18,25,27-28,32-33,35H,1,12,16,19-24H2,2-10H3,(H2,41,42,49)/t25?,27?,28-,32-,33+,35+/m0/s1. The Balaban J connectivity index is 1.70. The Morgan fingerprint density at radius 1 is 1.00 bits per heavy atom. The molecule has 0 aromatic heterocycles. The van der Waals surface area contributed by atoms with E-state index in [1.54, 1.807) is 11.0 Å². The first kappa shape index (κ1) is 39.8. The highest BCUT2D eigenvalue weighted by atomic mass is 16.2. The number of Topliss-reactive ketones (excluding diaryl/α,β-unsaturated/α-hetero) is 4. The highest BCUT2D eigenvalue weighted by Gasteiger charge is 2.69. The van der Waals surface area contributed by atoms with Crippen LogP contribution in [-0.4, -0.2) is 64.1 Å². The van der Waals surface area contributed by atoms with E-state index >= 15 is 0 Å². The van der Waals surface area contributed by atoms with E-state index in [1.807, 2.05) is 78.8 Å². The predicted octanol–water partition coefficient (Wildman–Crippen LogP) is 6.28. The molecule has 1 heterocycles. The molecule has 1 aromatic rings. The largest absolute Gasteiger partial charge is 0.334 e. The number of nitrogens with one attached hydrogen (secondary N) is 2. The van der Waals surface area contributed by atoms with Gasteiger partial charge in [0, 0.05) is 43.2 Å². The Bertz CT molecular complexity index is 1400. The number of urea groups is 1. The van der Waals surface area contributed by atoms with E-state index in [4.69, 9.17) is 0 Å². The van der Waals surface area contributed by atoms with E-state index in [1.165, 1.54) is 0 Å². The van der Waals surface area contributed by atoms with Gasteiger partial charge in [-0.2, -0.15) is 0 Å². The van der Waals surface area contributed by atoms with Gasteiger partial charge >= 0.3 is 6.03 Å². The van der Waals surface area contributed by atoms with Gasteiger partial charge in [0.05, 0.1) is 6.04 Å². The molecule has 1 aromatic carbocycles. The molecule has 1 aliphatic carbocycles. The van der Waals surface area contributed by atoms with Gasteiger partial charge in [0.2, 0.25) is 11.7 Å². The first-order valence-electron chi connectivity index (χ1n) is 17.9. The number of ketones is 4. The fourth-order valence-corrected chi connectivity index (χ4v) is 7.32. The van der Waals surface area contributed by atoms with Crippen LogP contribution in [0.4, 0.5) is 4.79 Å². The normalized spacial score (nSPS) is 21.5. The third-order valence-corrected chi connectivity index (χ3v) is 10.3. The summed E-state index contributed by atoms with van der Waals surface area (Å²) < 4.78 is 0. The van der Waals surface area contributed by atoms with E-state index in [2.05, 4.69) is 31.1 Å². The van der Waals surface area contributed by atoms with Crippen LogP contribution >= 0.6 is 0 Å². The molecule has 0 bridgehead atoms. The molecular formula is C40H59N3O6. The summed E-state index contributed by atoms with van der Waals surface area (Å²) in [5.41, 5.74) is -0.221. The van der Waals surface area contributed by atoms with Crippen molar-refractivity contribution in [2.75, 3.05) is 6.54 Å². The van der Waals surface area contributed by atoms with Crippen LogP contribution in [0.1, 0.15) is 106 Å². The van der Waals surface area contributed by atoms with Gasteiger partial charge < -0.3 is 15.5 Å². The summed E-state index contributed by atoms with van der Waals surface area (Å²) in [6, 6.07) is 7.66. The summed E-state index contributed by atoms with van der Waals surface area (Å²) in [6.45, 7) is 21.4. The first-order chi connectivity index (χ1) is 22.7. The minimum absolute atomic E-state index is 0.0500. The second-order valence-electron chi connectivity index (χ2n) is 17.0. The number of allylic oxidation sites excluding steroid dienone is 1. The number of amides is 3. The van der Waals surface area contributed by atoms with Crippen molar-refractivity contribution >= 4 is 35.1 Å². The zero-order valence-electron chi connectivity index (χ0n) is 31.2. The van der Waals surface area contributed by atoms with Crippen LogP contribution in [-0.2, 0) is 30.4 Å². The van der Waals surface area contributed by atoms with Crippen LogP contribution in [0.15, 0.2) is 43.0 Å².